The number of fused-ring (bicyclic) bond motifs is 1. The Morgan fingerprint density at radius 2 is 2.00 bits per heavy atom. The van der Waals surface area contributed by atoms with E-state index in [0.717, 1.165) is 22.3 Å². The Morgan fingerprint density at radius 1 is 1.17 bits per heavy atom. The first-order chi connectivity index (χ1) is 8.79. The van der Waals surface area contributed by atoms with Gasteiger partial charge in [0.15, 0.2) is 0 Å². The van der Waals surface area contributed by atoms with Crippen molar-refractivity contribution >= 4 is 22.6 Å². The number of alkyl halides is 1. The van der Waals surface area contributed by atoms with Gasteiger partial charge in [0.1, 0.15) is 6.33 Å². The van der Waals surface area contributed by atoms with Crippen molar-refractivity contribution < 1.29 is 0 Å². The Kier molecular flexibility index (Phi) is 2.80. The Balaban J connectivity index is 2.25. The normalized spacial score (nSPS) is 11.0. The molecule has 0 spiro atoms. The minimum atomic E-state index is 0.528. The van der Waals surface area contributed by atoms with Crippen LogP contribution in [0.25, 0.3) is 16.7 Å². The standard InChI is InChI=1S/C15H13ClN2/c1-11-6-7-12(9-16)8-15(11)18-10-17-13-4-2-3-5-14(13)18/h2-8,10H,9H2,1H3. The molecule has 0 fully saturated rings. The fraction of sp³-hybridized carbons (Fsp3) is 0.133. The van der Waals surface area contributed by atoms with Crippen LogP contribution in [0, 0.1) is 6.92 Å². The Morgan fingerprint density at radius 3 is 2.83 bits per heavy atom. The minimum absolute atomic E-state index is 0.528. The van der Waals surface area contributed by atoms with Crippen molar-refractivity contribution in [1.29, 1.82) is 0 Å². The number of hydrogen-bond donors (Lipinski definition) is 0. The summed E-state index contributed by atoms with van der Waals surface area (Å²) in [6, 6.07) is 14.4. The maximum absolute atomic E-state index is 5.91. The highest BCUT2D eigenvalue weighted by molar-refractivity contribution is 6.17. The molecule has 2 nitrogen and oxygen atoms in total. The predicted octanol–water partition coefficient (Wildman–Crippen LogP) is 4.07. The van der Waals surface area contributed by atoms with E-state index in [1.165, 1.54) is 5.56 Å². The van der Waals surface area contributed by atoms with Crippen LogP contribution in [-0.2, 0) is 5.88 Å². The number of hydrogen-bond acceptors (Lipinski definition) is 1. The first-order valence-electron chi connectivity index (χ1n) is 5.87. The number of benzene rings is 2. The van der Waals surface area contributed by atoms with Gasteiger partial charge in [-0.3, -0.25) is 4.57 Å². The monoisotopic (exact) mass is 256 g/mol. The van der Waals surface area contributed by atoms with Crippen molar-refractivity contribution in [3.63, 3.8) is 0 Å². The smallest absolute Gasteiger partial charge is 0.100 e. The van der Waals surface area contributed by atoms with Crippen LogP contribution in [-0.4, -0.2) is 9.55 Å². The van der Waals surface area contributed by atoms with Crippen LogP contribution in [0.3, 0.4) is 0 Å². The summed E-state index contributed by atoms with van der Waals surface area (Å²) in [5, 5.41) is 0. The summed E-state index contributed by atoms with van der Waals surface area (Å²) in [7, 11) is 0. The summed E-state index contributed by atoms with van der Waals surface area (Å²) in [5.74, 6) is 0.528. The number of imidazole rings is 1. The van der Waals surface area contributed by atoms with E-state index in [2.05, 4.69) is 40.7 Å². The molecule has 3 aromatic rings. The van der Waals surface area contributed by atoms with Gasteiger partial charge in [-0.05, 0) is 36.2 Å². The third-order valence-electron chi connectivity index (χ3n) is 3.14. The number of aryl methyl sites for hydroxylation is 1. The topological polar surface area (TPSA) is 17.8 Å². The number of rotatable bonds is 2. The third kappa shape index (κ3) is 1.79. The van der Waals surface area contributed by atoms with Gasteiger partial charge in [-0.2, -0.15) is 0 Å². The molecule has 0 unspecified atom stereocenters. The average molecular weight is 257 g/mol. The van der Waals surface area contributed by atoms with E-state index < -0.39 is 0 Å². The van der Waals surface area contributed by atoms with Crippen molar-refractivity contribution in [2.24, 2.45) is 0 Å². The molecule has 3 rings (SSSR count). The van der Waals surface area contributed by atoms with Gasteiger partial charge in [-0.15, -0.1) is 11.6 Å². The fourth-order valence-electron chi connectivity index (χ4n) is 2.15. The molecular weight excluding hydrogens is 244 g/mol. The molecule has 1 heterocycles. The van der Waals surface area contributed by atoms with Crippen LogP contribution in [0.5, 0.6) is 0 Å². The molecule has 3 heteroatoms. The second-order valence-electron chi connectivity index (χ2n) is 4.36. The molecule has 0 saturated heterocycles. The maximum atomic E-state index is 5.91. The lowest BCUT2D eigenvalue weighted by Crippen LogP contribution is -1.96. The summed E-state index contributed by atoms with van der Waals surface area (Å²) in [4.78, 5) is 4.42. The number of nitrogens with zero attached hydrogens (tertiary/aromatic N) is 2. The van der Waals surface area contributed by atoms with E-state index in [0.29, 0.717) is 5.88 Å². The van der Waals surface area contributed by atoms with Gasteiger partial charge in [-0.1, -0.05) is 24.3 Å². The summed E-state index contributed by atoms with van der Waals surface area (Å²) >= 11 is 5.91. The highest BCUT2D eigenvalue weighted by Crippen LogP contribution is 2.22. The fourth-order valence-corrected chi connectivity index (χ4v) is 2.32. The molecule has 0 radical (unpaired) electrons. The van der Waals surface area contributed by atoms with Crippen LogP contribution in [0.15, 0.2) is 48.8 Å². The van der Waals surface area contributed by atoms with E-state index >= 15 is 0 Å². The summed E-state index contributed by atoms with van der Waals surface area (Å²) in [5.41, 5.74) is 5.60. The molecule has 0 aliphatic heterocycles. The number of halogens is 1. The van der Waals surface area contributed by atoms with Crippen LogP contribution < -0.4 is 0 Å². The van der Waals surface area contributed by atoms with Gasteiger partial charge >= 0.3 is 0 Å². The first-order valence-corrected chi connectivity index (χ1v) is 6.41. The van der Waals surface area contributed by atoms with Crippen LogP contribution >= 0.6 is 11.6 Å². The van der Waals surface area contributed by atoms with E-state index in [4.69, 9.17) is 11.6 Å². The van der Waals surface area contributed by atoms with E-state index in [1.54, 1.807) is 0 Å². The van der Waals surface area contributed by atoms with Gasteiger partial charge in [0, 0.05) is 5.88 Å². The van der Waals surface area contributed by atoms with E-state index in [1.807, 2.05) is 24.5 Å². The van der Waals surface area contributed by atoms with E-state index in [-0.39, 0.29) is 0 Å². The van der Waals surface area contributed by atoms with Gasteiger partial charge in [0.2, 0.25) is 0 Å². The van der Waals surface area contributed by atoms with Crippen LogP contribution in [0.4, 0.5) is 0 Å². The summed E-state index contributed by atoms with van der Waals surface area (Å²) < 4.78 is 2.11. The first kappa shape index (κ1) is 11.3. The third-order valence-corrected chi connectivity index (χ3v) is 3.45. The maximum Gasteiger partial charge on any atom is 0.100 e. The van der Waals surface area contributed by atoms with Gasteiger partial charge < -0.3 is 0 Å². The molecule has 0 aliphatic rings. The predicted molar refractivity (Wildman–Crippen MR) is 75.4 cm³/mol. The quantitative estimate of drug-likeness (QED) is 0.632. The Bertz CT molecular complexity index is 701. The van der Waals surface area contributed by atoms with E-state index in [9.17, 15) is 0 Å². The second-order valence-corrected chi connectivity index (χ2v) is 4.63. The van der Waals surface area contributed by atoms with Gasteiger partial charge in [-0.25, -0.2) is 4.98 Å². The summed E-state index contributed by atoms with van der Waals surface area (Å²) in [6.45, 7) is 2.10. The van der Waals surface area contributed by atoms with Crippen LogP contribution in [0.2, 0.25) is 0 Å². The van der Waals surface area contributed by atoms with Gasteiger partial charge in [0.05, 0.1) is 16.7 Å². The SMILES string of the molecule is Cc1ccc(CCl)cc1-n1cnc2ccccc21. The molecule has 0 bridgehead atoms. The molecule has 0 amide bonds. The molecule has 2 aromatic carbocycles. The molecule has 90 valence electrons. The largest absolute Gasteiger partial charge is 0.299 e. The summed E-state index contributed by atoms with van der Waals surface area (Å²) in [6.07, 6.45) is 1.87. The minimum Gasteiger partial charge on any atom is -0.299 e. The zero-order valence-electron chi connectivity index (χ0n) is 10.1. The molecule has 0 aliphatic carbocycles. The Hall–Kier alpha value is -1.80. The molecule has 18 heavy (non-hydrogen) atoms. The second kappa shape index (κ2) is 4.46. The highest BCUT2D eigenvalue weighted by atomic mass is 35.5. The number of aromatic nitrogens is 2. The van der Waals surface area contributed by atoms with Crippen molar-refractivity contribution in [2.45, 2.75) is 12.8 Å². The zero-order valence-corrected chi connectivity index (χ0v) is 10.9. The van der Waals surface area contributed by atoms with Crippen molar-refractivity contribution in [3.05, 3.63) is 59.9 Å². The lowest BCUT2D eigenvalue weighted by Gasteiger charge is -2.09. The Labute approximate surface area is 111 Å². The van der Waals surface area contributed by atoms with Crippen molar-refractivity contribution in [3.8, 4) is 5.69 Å². The van der Waals surface area contributed by atoms with Crippen molar-refractivity contribution in [1.82, 2.24) is 9.55 Å². The molecule has 0 N–H and O–H groups in total. The number of para-hydroxylation sites is 2. The molecule has 0 atom stereocenters. The van der Waals surface area contributed by atoms with Crippen molar-refractivity contribution in [2.75, 3.05) is 0 Å². The molecule has 1 aromatic heterocycles. The lowest BCUT2D eigenvalue weighted by atomic mass is 10.1. The molecule has 0 saturated carbocycles. The molecular formula is C15H13ClN2. The van der Waals surface area contributed by atoms with Gasteiger partial charge in [0.25, 0.3) is 0 Å². The zero-order chi connectivity index (χ0) is 12.5. The highest BCUT2D eigenvalue weighted by Gasteiger charge is 2.07. The lowest BCUT2D eigenvalue weighted by molar-refractivity contribution is 1.07. The average Bonchev–Trinajstić information content (AvgIpc) is 2.83. The van der Waals surface area contributed by atoms with Crippen LogP contribution in [0.1, 0.15) is 11.1 Å².